The molecule has 0 spiro atoms. The molecule has 3 nitrogen and oxygen atoms in total. The number of pyridine rings is 1. The van der Waals surface area contributed by atoms with Crippen LogP contribution in [0.3, 0.4) is 0 Å². The zero-order valence-corrected chi connectivity index (χ0v) is 13.7. The van der Waals surface area contributed by atoms with E-state index >= 15 is 0 Å². The summed E-state index contributed by atoms with van der Waals surface area (Å²) in [6.07, 6.45) is 3.93. The van der Waals surface area contributed by atoms with Gasteiger partial charge in [0.15, 0.2) is 0 Å². The number of benzene rings is 2. The fourth-order valence-corrected chi connectivity index (χ4v) is 3.65. The van der Waals surface area contributed by atoms with Crippen molar-refractivity contribution in [2.45, 2.75) is 13.8 Å². The van der Waals surface area contributed by atoms with E-state index in [-0.39, 0.29) is 0 Å². The highest BCUT2D eigenvalue weighted by atomic mass is 15.1. The summed E-state index contributed by atoms with van der Waals surface area (Å²) in [7, 11) is 0. The van der Waals surface area contributed by atoms with Gasteiger partial charge in [-0.05, 0) is 53.9 Å². The molecular formula is C21H17N3. The van der Waals surface area contributed by atoms with Crippen LogP contribution in [-0.2, 0) is 0 Å². The first-order valence-corrected chi connectivity index (χ1v) is 8.17. The fourth-order valence-electron chi connectivity index (χ4n) is 3.65. The normalized spacial score (nSPS) is 11.8. The van der Waals surface area contributed by atoms with Crippen LogP contribution in [0.4, 0.5) is 0 Å². The summed E-state index contributed by atoms with van der Waals surface area (Å²) in [6.45, 7) is 4.29. The predicted molar refractivity (Wildman–Crippen MR) is 99.9 cm³/mol. The first-order valence-electron chi connectivity index (χ1n) is 8.17. The molecule has 1 N–H and O–H groups in total. The van der Waals surface area contributed by atoms with Crippen LogP contribution in [0.1, 0.15) is 11.1 Å². The predicted octanol–water partition coefficient (Wildman–Crippen LogP) is 5.28. The second-order valence-electron chi connectivity index (χ2n) is 6.34. The number of aromatic nitrogens is 3. The molecule has 0 radical (unpaired) electrons. The van der Waals surface area contributed by atoms with Crippen LogP contribution in [0.2, 0.25) is 0 Å². The number of hydrogen-bond acceptors (Lipinski definition) is 1. The molecule has 3 heterocycles. The van der Waals surface area contributed by atoms with Crippen molar-refractivity contribution in [2.24, 2.45) is 0 Å². The molecule has 0 saturated heterocycles. The van der Waals surface area contributed by atoms with Crippen molar-refractivity contribution in [1.29, 1.82) is 0 Å². The first-order chi connectivity index (χ1) is 11.8. The lowest BCUT2D eigenvalue weighted by molar-refractivity contribution is 1.06. The van der Waals surface area contributed by atoms with Crippen LogP contribution in [-0.4, -0.2) is 14.5 Å². The molecule has 5 aromatic rings. The molecule has 3 heteroatoms. The largest absolute Gasteiger partial charge is 0.347 e. The SMILES string of the molecule is Cc1c[nH]c(-n2c3ccc4ccccc4c3c3cccnc32)c1C. The smallest absolute Gasteiger partial charge is 0.146 e. The second-order valence-corrected chi connectivity index (χ2v) is 6.34. The molecule has 3 aromatic heterocycles. The average Bonchev–Trinajstić information content (AvgIpc) is 3.13. The van der Waals surface area contributed by atoms with Crippen molar-refractivity contribution in [3.63, 3.8) is 0 Å². The Morgan fingerprint density at radius 3 is 2.58 bits per heavy atom. The number of aromatic amines is 1. The van der Waals surface area contributed by atoms with Crippen molar-refractivity contribution in [3.8, 4) is 5.82 Å². The maximum absolute atomic E-state index is 4.69. The van der Waals surface area contributed by atoms with Gasteiger partial charge < -0.3 is 4.98 Å². The summed E-state index contributed by atoms with van der Waals surface area (Å²) in [5.41, 5.74) is 4.70. The number of hydrogen-bond donors (Lipinski definition) is 1. The van der Waals surface area contributed by atoms with Gasteiger partial charge in [0.2, 0.25) is 0 Å². The zero-order valence-electron chi connectivity index (χ0n) is 13.7. The summed E-state index contributed by atoms with van der Waals surface area (Å²) < 4.78 is 2.25. The van der Waals surface area contributed by atoms with E-state index in [2.05, 4.69) is 72.1 Å². The van der Waals surface area contributed by atoms with Crippen molar-refractivity contribution in [3.05, 3.63) is 72.1 Å². The average molecular weight is 311 g/mol. The first kappa shape index (κ1) is 13.4. The molecule has 0 saturated carbocycles. The van der Waals surface area contributed by atoms with Gasteiger partial charge in [0, 0.05) is 23.2 Å². The van der Waals surface area contributed by atoms with E-state index in [1.165, 1.54) is 38.2 Å². The van der Waals surface area contributed by atoms with E-state index in [9.17, 15) is 0 Å². The molecule has 24 heavy (non-hydrogen) atoms. The van der Waals surface area contributed by atoms with Crippen molar-refractivity contribution < 1.29 is 0 Å². The van der Waals surface area contributed by atoms with Crippen LogP contribution < -0.4 is 0 Å². The molecule has 2 aromatic carbocycles. The Kier molecular flexibility index (Phi) is 2.63. The third kappa shape index (κ3) is 1.64. The quantitative estimate of drug-likeness (QED) is 0.449. The number of H-pyrrole nitrogens is 1. The summed E-state index contributed by atoms with van der Waals surface area (Å²) in [6, 6.07) is 17.1. The summed E-state index contributed by atoms with van der Waals surface area (Å²) in [5.74, 6) is 1.10. The maximum Gasteiger partial charge on any atom is 0.146 e. The van der Waals surface area contributed by atoms with E-state index < -0.39 is 0 Å². The number of aryl methyl sites for hydroxylation is 1. The van der Waals surface area contributed by atoms with Crippen molar-refractivity contribution >= 4 is 32.7 Å². The molecule has 0 aliphatic rings. The molecule has 116 valence electrons. The van der Waals surface area contributed by atoms with Crippen molar-refractivity contribution in [1.82, 2.24) is 14.5 Å². The van der Waals surface area contributed by atoms with Gasteiger partial charge >= 0.3 is 0 Å². The van der Waals surface area contributed by atoms with E-state index in [1.54, 1.807) is 0 Å². The molecule has 0 aliphatic heterocycles. The minimum atomic E-state index is 0.994. The molecule has 0 aliphatic carbocycles. The lowest BCUT2D eigenvalue weighted by Crippen LogP contribution is -1.97. The summed E-state index contributed by atoms with van der Waals surface area (Å²) >= 11 is 0. The lowest BCUT2D eigenvalue weighted by Gasteiger charge is -2.07. The summed E-state index contributed by atoms with van der Waals surface area (Å²) in [4.78, 5) is 8.13. The Morgan fingerprint density at radius 1 is 0.917 bits per heavy atom. The standard InChI is InChI=1S/C21H17N3/c1-13-12-23-20(14(13)2)24-18-10-9-15-6-3-4-7-16(15)19(18)17-8-5-11-22-21(17)24/h3-12,23H,1-2H3. The monoisotopic (exact) mass is 311 g/mol. The van der Waals surface area contributed by atoms with Gasteiger partial charge in [-0.2, -0.15) is 0 Å². The van der Waals surface area contributed by atoms with Crippen LogP contribution in [0.5, 0.6) is 0 Å². The van der Waals surface area contributed by atoms with E-state index in [0.717, 1.165) is 11.5 Å². The third-order valence-corrected chi connectivity index (χ3v) is 5.01. The Morgan fingerprint density at radius 2 is 1.75 bits per heavy atom. The van der Waals surface area contributed by atoms with E-state index in [0.29, 0.717) is 0 Å². The Balaban J connectivity index is 2.07. The maximum atomic E-state index is 4.69. The number of nitrogens with one attached hydrogen (secondary N) is 1. The highest BCUT2D eigenvalue weighted by Gasteiger charge is 2.17. The molecule has 5 rings (SSSR count). The van der Waals surface area contributed by atoms with Gasteiger partial charge in [0.05, 0.1) is 5.52 Å². The van der Waals surface area contributed by atoms with Crippen LogP contribution in [0.25, 0.3) is 38.5 Å². The minimum absolute atomic E-state index is 0.994. The molecule has 0 atom stereocenters. The van der Waals surface area contributed by atoms with Gasteiger partial charge in [0.25, 0.3) is 0 Å². The molecule has 0 amide bonds. The van der Waals surface area contributed by atoms with Crippen LogP contribution in [0, 0.1) is 13.8 Å². The Bertz CT molecular complexity index is 1220. The Labute approximate surface area is 139 Å². The molecular weight excluding hydrogens is 294 g/mol. The van der Waals surface area contributed by atoms with Crippen LogP contribution >= 0.6 is 0 Å². The summed E-state index contributed by atoms with van der Waals surface area (Å²) in [5, 5.41) is 4.98. The van der Waals surface area contributed by atoms with Gasteiger partial charge in [0.1, 0.15) is 11.5 Å². The number of fused-ring (bicyclic) bond motifs is 5. The lowest BCUT2D eigenvalue weighted by atomic mass is 10.0. The number of rotatable bonds is 1. The highest BCUT2D eigenvalue weighted by Crippen LogP contribution is 2.36. The molecule has 0 bridgehead atoms. The van der Waals surface area contributed by atoms with E-state index in [1.807, 2.05) is 12.3 Å². The fraction of sp³-hybridized carbons (Fsp3) is 0.0952. The van der Waals surface area contributed by atoms with Gasteiger partial charge in [-0.1, -0.05) is 30.3 Å². The second kappa shape index (κ2) is 4.71. The molecule has 0 unspecified atom stereocenters. The van der Waals surface area contributed by atoms with Gasteiger partial charge in [-0.25, -0.2) is 4.98 Å². The highest BCUT2D eigenvalue weighted by molar-refractivity contribution is 6.20. The van der Waals surface area contributed by atoms with Crippen molar-refractivity contribution in [2.75, 3.05) is 0 Å². The van der Waals surface area contributed by atoms with Gasteiger partial charge in [-0.3, -0.25) is 4.57 Å². The minimum Gasteiger partial charge on any atom is -0.347 e. The Hall–Kier alpha value is -3.07. The van der Waals surface area contributed by atoms with Gasteiger partial charge in [-0.15, -0.1) is 0 Å². The van der Waals surface area contributed by atoms with E-state index in [4.69, 9.17) is 4.98 Å². The molecule has 0 fully saturated rings. The topological polar surface area (TPSA) is 33.6 Å². The number of nitrogens with zero attached hydrogens (tertiary/aromatic N) is 2. The third-order valence-electron chi connectivity index (χ3n) is 5.01. The van der Waals surface area contributed by atoms with Crippen LogP contribution in [0.15, 0.2) is 60.9 Å². The zero-order chi connectivity index (χ0) is 16.3.